The minimum atomic E-state index is 0.0846. The molecule has 0 saturated carbocycles. The molecule has 6 nitrogen and oxygen atoms in total. The highest BCUT2D eigenvalue weighted by Crippen LogP contribution is 2.07. The highest BCUT2D eigenvalue weighted by Gasteiger charge is 2.12. The van der Waals surface area contributed by atoms with Crippen molar-refractivity contribution in [1.82, 2.24) is 19.6 Å². The lowest BCUT2D eigenvalue weighted by atomic mass is 10.3. The maximum Gasteiger partial charge on any atom is 0.224 e. The summed E-state index contributed by atoms with van der Waals surface area (Å²) >= 11 is 0. The lowest BCUT2D eigenvalue weighted by Gasteiger charge is -2.16. The number of hydrogen-bond acceptors (Lipinski definition) is 4. The van der Waals surface area contributed by atoms with Gasteiger partial charge in [0.1, 0.15) is 17.3 Å². The fourth-order valence-corrected chi connectivity index (χ4v) is 2.09. The molecular weight excluding hydrogens is 256 g/mol. The van der Waals surface area contributed by atoms with Crippen LogP contribution in [0.15, 0.2) is 23.0 Å². The number of imidazole rings is 1. The first-order valence-corrected chi connectivity index (χ1v) is 6.76. The molecule has 0 atom stereocenters. The second-order valence-corrected chi connectivity index (χ2v) is 4.82. The molecule has 20 heavy (non-hydrogen) atoms. The summed E-state index contributed by atoms with van der Waals surface area (Å²) in [5.41, 5.74) is 0.773. The van der Waals surface area contributed by atoms with Gasteiger partial charge in [0, 0.05) is 44.9 Å². The summed E-state index contributed by atoms with van der Waals surface area (Å²) < 4.78 is 7.01. The fraction of sp³-hybridized carbons (Fsp3) is 0.500. The van der Waals surface area contributed by atoms with Crippen LogP contribution in [0.2, 0.25) is 0 Å². The zero-order chi connectivity index (χ0) is 14.5. The van der Waals surface area contributed by atoms with Gasteiger partial charge in [0.2, 0.25) is 5.91 Å². The molecule has 2 aromatic heterocycles. The van der Waals surface area contributed by atoms with Gasteiger partial charge in [-0.3, -0.25) is 4.79 Å². The van der Waals surface area contributed by atoms with Gasteiger partial charge < -0.3 is 14.0 Å². The monoisotopic (exact) mass is 276 g/mol. The largest absolute Gasteiger partial charge is 0.361 e. The van der Waals surface area contributed by atoms with Gasteiger partial charge in [-0.05, 0) is 6.92 Å². The Labute approximate surface area is 118 Å². The van der Waals surface area contributed by atoms with E-state index in [9.17, 15) is 4.79 Å². The van der Waals surface area contributed by atoms with E-state index in [0.29, 0.717) is 19.5 Å². The Morgan fingerprint density at radius 2 is 2.30 bits per heavy atom. The van der Waals surface area contributed by atoms with Crippen LogP contribution in [-0.2, 0) is 24.3 Å². The van der Waals surface area contributed by atoms with Crippen LogP contribution in [0.3, 0.4) is 0 Å². The van der Waals surface area contributed by atoms with E-state index in [-0.39, 0.29) is 5.91 Å². The van der Waals surface area contributed by atoms with Gasteiger partial charge in [-0.1, -0.05) is 12.1 Å². The molecule has 0 aliphatic rings. The van der Waals surface area contributed by atoms with Crippen molar-refractivity contribution in [2.45, 2.75) is 39.8 Å². The predicted octanol–water partition coefficient (Wildman–Crippen LogP) is 1.79. The Morgan fingerprint density at radius 1 is 1.50 bits per heavy atom. The van der Waals surface area contributed by atoms with Crippen molar-refractivity contribution >= 4 is 5.91 Å². The molecule has 0 aliphatic heterocycles. The molecule has 0 bridgehead atoms. The molecule has 0 fully saturated rings. The molecule has 0 aromatic carbocycles. The van der Waals surface area contributed by atoms with Crippen molar-refractivity contribution in [3.05, 3.63) is 35.7 Å². The molecule has 0 N–H and O–H groups in total. The molecule has 6 heteroatoms. The first kappa shape index (κ1) is 14.3. The molecule has 0 radical (unpaired) electrons. The highest BCUT2D eigenvalue weighted by molar-refractivity contribution is 5.75. The number of aryl methyl sites for hydroxylation is 3. The fourth-order valence-electron chi connectivity index (χ4n) is 2.09. The molecular formula is C14H20N4O2. The maximum atomic E-state index is 12.1. The van der Waals surface area contributed by atoms with Gasteiger partial charge in [0.05, 0.1) is 6.54 Å². The summed E-state index contributed by atoms with van der Waals surface area (Å²) in [6, 6.07) is 1.84. The van der Waals surface area contributed by atoms with Crippen molar-refractivity contribution in [3.63, 3.8) is 0 Å². The minimum absolute atomic E-state index is 0.0846. The molecule has 0 aliphatic carbocycles. The Balaban J connectivity index is 1.85. The molecule has 2 aromatic rings. The summed E-state index contributed by atoms with van der Waals surface area (Å²) in [7, 11) is 1.78. The third kappa shape index (κ3) is 3.46. The van der Waals surface area contributed by atoms with E-state index in [2.05, 4.69) is 17.1 Å². The van der Waals surface area contributed by atoms with Crippen LogP contribution < -0.4 is 0 Å². The third-order valence-electron chi connectivity index (χ3n) is 3.19. The van der Waals surface area contributed by atoms with Gasteiger partial charge in [0.25, 0.3) is 0 Å². The van der Waals surface area contributed by atoms with Crippen molar-refractivity contribution in [2.24, 2.45) is 0 Å². The normalized spacial score (nSPS) is 10.8. The Hall–Kier alpha value is -2.11. The van der Waals surface area contributed by atoms with Crippen molar-refractivity contribution in [3.8, 4) is 0 Å². The summed E-state index contributed by atoms with van der Waals surface area (Å²) in [4.78, 5) is 18.0. The number of amides is 1. The third-order valence-corrected chi connectivity index (χ3v) is 3.19. The van der Waals surface area contributed by atoms with Gasteiger partial charge in [-0.2, -0.15) is 0 Å². The molecule has 2 rings (SSSR count). The number of hydrogen-bond donors (Lipinski definition) is 0. The van der Waals surface area contributed by atoms with E-state index in [1.165, 1.54) is 0 Å². The molecule has 1 amide bonds. The van der Waals surface area contributed by atoms with Gasteiger partial charge in [-0.25, -0.2) is 4.98 Å². The first-order chi connectivity index (χ1) is 9.60. The van der Waals surface area contributed by atoms with Crippen LogP contribution in [0, 0.1) is 6.92 Å². The topological polar surface area (TPSA) is 64.2 Å². The second-order valence-electron chi connectivity index (χ2n) is 4.82. The van der Waals surface area contributed by atoms with Gasteiger partial charge >= 0.3 is 0 Å². The van der Waals surface area contributed by atoms with E-state index >= 15 is 0 Å². The maximum absolute atomic E-state index is 12.1. The molecule has 108 valence electrons. The van der Waals surface area contributed by atoms with E-state index in [4.69, 9.17) is 4.52 Å². The number of carbonyl (C=O) groups is 1. The van der Waals surface area contributed by atoms with Crippen molar-refractivity contribution in [2.75, 3.05) is 7.05 Å². The van der Waals surface area contributed by atoms with Gasteiger partial charge in [0.15, 0.2) is 0 Å². The Morgan fingerprint density at radius 3 is 2.95 bits per heavy atom. The summed E-state index contributed by atoms with van der Waals surface area (Å²) in [6.07, 6.45) is 5.00. The molecule has 0 saturated heterocycles. The van der Waals surface area contributed by atoms with Crippen molar-refractivity contribution < 1.29 is 9.32 Å². The van der Waals surface area contributed by atoms with E-state index in [0.717, 1.165) is 23.7 Å². The van der Waals surface area contributed by atoms with Crippen LogP contribution in [-0.4, -0.2) is 32.6 Å². The molecule has 2 heterocycles. The lowest BCUT2D eigenvalue weighted by Crippen LogP contribution is -2.27. The van der Waals surface area contributed by atoms with E-state index in [1.54, 1.807) is 18.1 Å². The number of aromatic nitrogens is 3. The van der Waals surface area contributed by atoms with E-state index < -0.39 is 0 Å². The van der Waals surface area contributed by atoms with Crippen LogP contribution in [0.4, 0.5) is 0 Å². The zero-order valence-electron chi connectivity index (χ0n) is 12.2. The van der Waals surface area contributed by atoms with Crippen LogP contribution in [0.25, 0.3) is 0 Å². The Bertz CT molecular complexity index is 573. The smallest absolute Gasteiger partial charge is 0.224 e. The van der Waals surface area contributed by atoms with Crippen LogP contribution >= 0.6 is 0 Å². The zero-order valence-corrected chi connectivity index (χ0v) is 12.2. The first-order valence-electron chi connectivity index (χ1n) is 6.76. The number of carbonyl (C=O) groups excluding carboxylic acids is 1. The highest BCUT2D eigenvalue weighted by atomic mass is 16.5. The minimum Gasteiger partial charge on any atom is -0.361 e. The summed E-state index contributed by atoms with van der Waals surface area (Å²) in [5.74, 6) is 1.85. The number of rotatable bonds is 6. The summed E-state index contributed by atoms with van der Waals surface area (Å²) in [5, 5.41) is 3.89. The second kappa shape index (κ2) is 6.36. The lowest BCUT2D eigenvalue weighted by molar-refractivity contribution is -0.130. The number of nitrogens with zero attached hydrogens (tertiary/aromatic N) is 4. The average Bonchev–Trinajstić information content (AvgIpc) is 3.04. The SMILES string of the molecule is CCc1nccn1CCC(=O)N(C)Cc1cc(C)on1. The van der Waals surface area contributed by atoms with Gasteiger partial charge in [-0.15, -0.1) is 0 Å². The quantitative estimate of drug-likeness (QED) is 0.807. The molecule has 0 unspecified atom stereocenters. The predicted molar refractivity (Wildman–Crippen MR) is 73.9 cm³/mol. The van der Waals surface area contributed by atoms with Crippen LogP contribution in [0.5, 0.6) is 0 Å². The molecule has 0 spiro atoms. The van der Waals surface area contributed by atoms with Crippen LogP contribution in [0.1, 0.15) is 30.6 Å². The summed E-state index contributed by atoms with van der Waals surface area (Å²) in [6.45, 7) is 5.02. The van der Waals surface area contributed by atoms with E-state index in [1.807, 2.05) is 23.8 Å². The Kier molecular flexibility index (Phi) is 4.55. The van der Waals surface area contributed by atoms with Crippen molar-refractivity contribution in [1.29, 1.82) is 0 Å². The standard InChI is InChI=1S/C14H20N4O2/c1-4-13-15-6-8-18(13)7-5-14(19)17(3)10-12-9-11(2)20-16-12/h6,8-9H,4-5,7,10H2,1-3H3. The average molecular weight is 276 g/mol.